The predicted octanol–water partition coefficient (Wildman–Crippen LogP) is 2.42. The van der Waals surface area contributed by atoms with E-state index in [9.17, 15) is 13.2 Å². The molecule has 1 aromatic rings. The van der Waals surface area contributed by atoms with Crippen molar-refractivity contribution in [3.05, 3.63) is 28.8 Å². The molecule has 1 aliphatic rings. The highest BCUT2D eigenvalue weighted by Crippen LogP contribution is 2.20. The van der Waals surface area contributed by atoms with Crippen LogP contribution in [0.25, 0.3) is 0 Å². The van der Waals surface area contributed by atoms with Gasteiger partial charge in [0, 0.05) is 36.8 Å². The summed E-state index contributed by atoms with van der Waals surface area (Å²) >= 11 is 6.03. The third-order valence-corrected chi connectivity index (χ3v) is 5.62. The van der Waals surface area contributed by atoms with Crippen molar-refractivity contribution in [3.63, 3.8) is 0 Å². The van der Waals surface area contributed by atoms with Crippen LogP contribution in [-0.4, -0.2) is 50.7 Å². The van der Waals surface area contributed by atoms with Crippen molar-refractivity contribution in [1.29, 1.82) is 0 Å². The van der Waals surface area contributed by atoms with Gasteiger partial charge in [-0.15, -0.1) is 0 Å². The summed E-state index contributed by atoms with van der Waals surface area (Å²) in [5, 5.41) is 3.31. The number of sulfonamides is 1. The van der Waals surface area contributed by atoms with Crippen molar-refractivity contribution in [2.75, 3.05) is 31.3 Å². The number of benzene rings is 1. The Labute approximate surface area is 148 Å². The molecule has 1 N–H and O–H groups in total. The Morgan fingerprint density at radius 3 is 2.79 bits per heavy atom. The lowest BCUT2D eigenvalue weighted by Crippen LogP contribution is -2.38. The van der Waals surface area contributed by atoms with Crippen molar-refractivity contribution in [2.24, 2.45) is 0 Å². The number of carbonyl (C=O) groups is 1. The first-order chi connectivity index (χ1) is 11.3. The van der Waals surface area contributed by atoms with Gasteiger partial charge in [-0.3, -0.25) is 4.79 Å². The van der Waals surface area contributed by atoms with E-state index in [4.69, 9.17) is 16.3 Å². The Hall–Kier alpha value is -1.15. The van der Waals surface area contributed by atoms with Crippen LogP contribution >= 0.6 is 11.6 Å². The number of halogens is 1. The highest BCUT2D eigenvalue weighted by atomic mass is 35.5. The molecule has 24 heavy (non-hydrogen) atoms. The van der Waals surface area contributed by atoms with Gasteiger partial charge < -0.3 is 10.1 Å². The number of hydrogen-bond donors (Lipinski definition) is 1. The van der Waals surface area contributed by atoms with Gasteiger partial charge >= 0.3 is 0 Å². The van der Waals surface area contributed by atoms with Gasteiger partial charge in [-0.1, -0.05) is 17.7 Å². The molecule has 6 nitrogen and oxygen atoms in total. The Balaban J connectivity index is 1.90. The first-order valence-electron chi connectivity index (χ1n) is 7.88. The summed E-state index contributed by atoms with van der Waals surface area (Å²) in [4.78, 5) is 12.1. The molecule has 0 radical (unpaired) electrons. The maximum Gasteiger partial charge on any atom is 0.225 e. The molecule has 0 aromatic heterocycles. The first kappa shape index (κ1) is 19.2. The van der Waals surface area contributed by atoms with Crippen LogP contribution in [0.2, 0.25) is 5.02 Å². The maximum absolute atomic E-state index is 12.1. The lowest BCUT2D eigenvalue weighted by atomic mass is 10.2. The Bertz CT molecular complexity index is 687. The number of carbonyl (C=O) groups excluding carboxylic acids is 1. The van der Waals surface area contributed by atoms with Crippen LogP contribution in [0.3, 0.4) is 0 Å². The first-order valence-corrected chi connectivity index (χ1v) is 10.1. The third-order valence-electron chi connectivity index (χ3n) is 3.94. The lowest BCUT2D eigenvalue weighted by Gasteiger charge is -2.22. The minimum atomic E-state index is -3.38. The molecule has 0 spiro atoms. The van der Waals surface area contributed by atoms with Gasteiger partial charge in [0.05, 0.1) is 12.4 Å². The van der Waals surface area contributed by atoms with Crippen molar-refractivity contribution < 1.29 is 17.9 Å². The zero-order valence-corrected chi connectivity index (χ0v) is 15.5. The summed E-state index contributed by atoms with van der Waals surface area (Å²) in [6.07, 6.45) is 2.93. The van der Waals surface area contributed by atoms with Crippen LogP contribution < -0.4 is 5.32 Å². The SMILES string of the molecule is Cc1ccc(NC(=O)CCN(CC2CCCO2)S(C)(=O)=O)cc1Cl. The van der Waals surface area contributed by atoms with Gasteiger partial charge in [-0.2, -0.15) is 4.31 Å². The fraction of sp³-hybridized carbons (Fsp3) is 0.562. The number of amides is 1. The topological polar surface area (TPSA) is 75.7 Å². The number of nitrogens with zero attached hydrogens (tertiary/aromatic N) is 1. The monoisotopic (exact) mass is 374 g/mol. The number of ether oxygens (including phenoxy) is 1. The molecule has 2 rings (SSSR count). The van der Waals surface area contributed by atoms with Crippen LogP contribution in [0, 0.1) is 6.92 Å². The molecule has 8 heteroatoms. The zero-order valence-electron chi connectivity index (χ0n) is 13.9. The van der Waals surface area contributed by atoms with Crippen LogP contribution in [-0.2, 0) is 19.6 Å². The van der Waals surface area contributed by atoms with E-state index < -0.39 is 10.0 Å². The van der Waals surface area contributed by atoms with Gasteiger partial charge in [0.15, 0.2) is 0 Å². The molecular weight excluding hydrogens is 352 g/mol. The summed E-state index contributed by atoms with van der Waals surface area (Å²) in [7, 11) is -3.38. The fourth-order valence-electron chi connectivity index (χ4n) is 2.53. The molecule has 1 atom stereocenters. The van der Waals surface area contributed by atoms with E-state index in [1.165, 1.54) is 4.31 Å². The number of rotatable bonds is 7. The molecule has 1 saturated heterocycles. The average molecular weight is 375 g/mol. The smallest absolute Gasteiger partial charge is 0.225 e. The normalized spacial score (nSPS) is 18.1. The molecule has 134 valence electrons. The number of anilines is 1. The third kappa shape index (κ3) is 5.73. The van der Waals surface area contributed by atoms with Crippen LogP contribution in [0.1, 0.15) is 24.8 Å². The van der Waals surface area contributed by atoms with E-state index in [2.05, 4.69) is 5.32 Å². The molecule has 1 fully saturated rings. The summed E-state index contributed by atoms with van der Waals surface area (Å²) in [6, 6.07) is 5.26. The number of nitrogens with one attached hydrogen (secondary N) is 1. The van der Waals surface area contributed by atoms with Gasteiger partial charge in [0.2, 0.25) is 15.9 Å². The van der Waals surface area contributed by atoms with Crippen molar-refractivity contribution in [2.45, 2.75) is 32.3 Å². The highest BCUT2D eigenvalue weighted by molar-refractivity contribution is 7.88. The van der Waals surface area contributed by atoms with Gasteiger partial charge in [0.25, 0.3) is 0 Å². The van der Waals surface area contributed by atoms with E-state index >= 15 is 0 Å². The fourth-order valence-corrected chi connectivity index (χ4v) is 3.57. The number of aryl methyl sites for hydroxylation is 1. The maximum atomic E-state index is 12.1. The van der Waals surface area contributed by atoms with E-state index in [0.29, 0.717) is 23.9 Å². The molecular formula is C16H23ClN2O4S. The van der Waals surface area contributed by atoms with Crippen molar-refractivity contribution in [1.82, 2.24) is 4.31 Å². The molecule has 0 aliphatic carbocycles. The summed E-state index contributed by atoms with van der Waals surface area (Å²) in [5.74, 6) is -0.254. The minimum absolute atomic E-state index is 0.0747. The quantitative estimate of drug-likeness (QED) is 0.795. The average Bonchev–Trinajstić information content (AvgIpc) is 2.99. The Kier molecular flexibility index (Phi) is 6.62. The van der Waals surface area contributed by atoms with Gasteiger partial charge in [-0.25, -0.2) is 8.42 Å². The second-order valence-electron chi connectivity index (χ2n) is 6.02. The van der Waals surface area contributed by atoms with E-state index in [1.54, 1.807) is 12.1 Å². The molecule has 1 amide bonds. The number of hydrogen-bond acceptors (Lipinski definition) is 4. The van der Waals surface area contributed by atoms with Crippen LogP contribution in [0.5, 0.6) is 0 Å². The summed E-state index contributed by atoms with van der Waals surface area (Å²) in [6.45, 7) is 2.96. The van der Waals surface area contributed by atoms with Gasteiger partial charge in [-0.05, 0) is 37.5 Å². The van der Waals surface area contributed by atoms with Crippen LogP contribution in [0.4, 0.5) is 5.69 Å². The van der Waals surface area contributed by atoms with Gasteiger partial charge in [0.1, 0.15) is 0 Å². The second kappa shape index (κ2) is 8.29. The molecule has 1 heterocycles. The van der Waals surface area contributed by atoms with E-state index in [-0.39, 0.29) is 25.0 Å². The van der Waals surface area contributed by atoms with E-state index in [1.807, 2.05) is 13.0 Å². The van der Waals surface area contributed by atoms with Crippen LogP contribution in [0.15, 0.2) is 18.2 Å². The highest BCUT2D eigenvalue weighted by Gasteiger charge is 2.25. The van der Waals surface area contributed by atoms with Crippen molar-refractivity contribution in [3.8, 4) is 0 Å². The molecule has 0 saturated carbocycles. The summed E-state index contributed by atoms with van der Waals surface area (Å²) < 4.78 is 30.6. The standard InChI is InChI=1S/C16H23ClN2O4S/c1-12-5-6-13(10-15(12)17)18-16(20)7-8-19(24(2,21)22)11-14-4-3-9-23-14/h5-6,10,14H,3-4,7-9,11H2,1-2H3,(H,18,20). The predicted molar refractivity (Wildman–Crippen MR) is 94.8 cm³/mol. The Morgan fingerprint density at radius 2 is 2.21 bits per heavy atom. The van der Waals surface area contributed by atoms with E-state index in [0.717, 1.165) is 24.7 Å². The molecule has 1 aromatic carbocycles. The molecule has 1 aliphatic heterocycles. The Morgan fingerprint density at radius 1 is 1.46 bits per heavy atom. The zero-order chi connectivity index (χ0) is 17.7. The molecule has 0 bridgehead atoms. The minimum Gasteiger partial charge on any atom is -0.377 e. The molecule has 1 unspecified atom stereocenters. The van der Waals surface area contributed by atoms with Crippen molar-refractivity contribution >= 4 is 33.2 Å². The summed E-state index contributed by atoms with van der Waals surface area (Å²) in [5.41, 5.74) is 1.52. The second-order valence-corrected chi connectivity index (χ2v) is 8.41. The largest absolute Gasteiger partial charge is 0.377 e. The lowest BCUT2D eigenvalue weighted by molar-refractivity contribution is -0.116.